The van der Waals surface area contributed by atoms with Crippen molar-refractivity contribution in [2.45, 2.75) is 75.7 Å². The molecule has 3 N–H and O–H groups in total. The van der Waals surface area contributed by atoms with Crippen LogP contribution in [-0.4, -0.2) is 76.2 Å². The summed E-state index contributed by atoms with van der Waals surface area (Å²) in [5.41, 5.74) is 4.69. The number of benzene rings is 2. The molecule has 8 rings (SSSR count). The molecule has 4 aliphatic heterocycles. The zero-order valence-corrected chi connectivity index (χ0v) is 28.7. The molecule has 258 valence electrons. The molecule has 4 atom stereocenters. The van der Waals surface area contributed by atoms with E-state index in [0.717, 1.165) is 43.6 Å². The summed E-state index contributed by atoms with van der Waals surface area (Å²) in [6.45, 7) is 5.62. The fraction of sp³-hybridized carbons (Fsp3) is 0.514. The third-order valence-electron chi connectivity index (χ3n) is 11.0. The third-order valence-corrected chi connectivity index (χ3v) is 12.4. The normalized spacial score (nSPS) is 25.5. The second kappa shape index (κ2) is 11.8. The molecule has 2 unspecified atom stereocenters. The molecule has 2 aromatic carbocycles. The number of nitrogens with zero attached hydrogens (tertiary/aromatic N) is 5. The predicted octanol–water partition coefficient (Wildman–Crippen LogP) is 6.99. The van der Waals surface area contributed by atoms with Gasteiger partial charge in [-0.25, -0.2) is 13.2 Å². The van der Waals surface area contributed by atoms with E-state index in [9.17, 15) is 14.8 Å². The zero-order valence-electron chi connectivity index (χ0n) is 27.2. The highest BCUT2D eigenvalue weighted by atomic mass is 35.5. The van der Waals surface area contributed by atoms with E-state index in [1.807, 2.05) is 6.07 Å². The van der Waals surface area contributed by atoms with Gasteiger partial charge in [-0.05, 0) is 70.0 Å². The van der Waals surface area contributed by atoms with E-state index in [1.165, 1.54) is 12.1 Å². The maximum absolute atomic E-state index is 17.2. The molecular formula is C35H36ClF3N6O3S. The smallest absolute Gasteiger partial charge is 0.319 e. The number of ether oxygens (including phenoxy) is 2. The van der Waals surface area contributed by atoms with Crippen LogP contribution in [0, 0.1) is 28.9 Å². The summed E-state index contributed by atoms with van der Waals surface area (Å²) in [6.07, 6.45) is 3.21. The van der Waals surface area contributed by atoms with E-state index < -0.39 is 28.9 Å². The van der Waals surface area contributed by atoms with Crippen LogP contribution in [0.5, 0.6) is 11.8 Å². The largest absolute Gasteiger partial charge is 0.489 e. The topological polar surface area (TPSA) is 121 Å². The highest BCUT2D eigenvalue weighted by Gasteiger charge is 2.49. The molecule has 4 aromatic rings. The molecule has 4 aliphatic rings. The first-order valence-corrected chi connectivity index (χ1v) is 17.9. The van der Waals surface area contributed by atoms with Crippen molar-refractivity contribution in [3.63, 3.8) is 0 Å². The number of nitrogen functional groups attached to an aromatic ring is 1. The number of aromatic nitrogens is 2. The molecular weight excluding hydrogens is 677 g/mol. The monoisotopic (exact) mass is 712 g/mol. The third kappa shape index (κ3) is 5.17. The fourth-order valence-corrected chi connectivity index (χ4v) is 9.84. The van der Waals surface area contributed by atoms with Crippen molar-refractivity contribution >= 4 is 54.7 Å². The number of fused-ring (bicyclic) bond motifs is 4. The average Bonchev–Trinajstić information content (AvgIpc) is 3.59. The molecule has 0 bridgehead atoms. The number of thiophene rings is 1. The van der Waals surface area contributed by atoms with E-state index in [0.29, 0.717) is 31.7 Å². The molecule has 6 heterocycles. The van der Waals surface area contributed by atoms with Crippen LogP contribution in [0.25, 0.3) is 32.1 Å². The van der Waals surface area contributed by atoms with Gasteiger partial charge in [-0.15, -0.1) is 11.3 Å². The van der Waals surface area contributed by atoms with E-state index in [4.69, 9.17) is 31.8 Å². The summed E-state index contributed by atoms with van der Waals surface area (Å²) in [5, 5.41) is 21.4. The zero-order chi connectivity index (χ0) is 34.4. The van der Waals surface area contributed by atoms with Crippen molar-refractivity contribution in [3.05, 3.63) is 34.4 Å². The minimum Gasteiger partial charge on any atom is -0.489 e. The van der Waals surface area contributed by atoms with Gasteiger partial charge < -0.3 is 25.2 Å². The van der Waals surface area contributed by atoms with Gasteiger partial charge in [0.25, 0.3) is 0 Å². The van der Waals surface area contributed by atoms with Gasteiger partial charge in [-0.1, -0.05) is 17.7 Å². The van der Waals surface area contributed by atoms with Crippen LogP contribution in [0.15, 0.2) is 12.1 Å². The molecule has 0 amide bonds. The highest BCUT2D eigenvalue weighted by Crippen LogP contribution is 2.52. The van der Waals surface area contributed by atoms with Crippen LogP contribution in [0.1, 0.15) is 57.9 Å². The van der Waals surface area contributed by atoms with Crippen LogP contribution in [0.3, 0.4) is 0 Å². The predicted molar refractivity (Wildman–Crippen MR) is 183 cm³/mol. The lowest BCUT2D eigenvalue weighted by Crippen LogP contribution is -2.43. The summed E-state index contributed by atoms with van der Waals surface area (Å²) in [4.78, 5) is 13.7. The molecule has 14 heteroatoms. The standard InChI is InChI=1S/C35H36ClF3N6O3S/c1-34(2,46)17-5-3-10-45-19(11-17)15-47-29-25-28(42-33(43-32(25)45)48-16-35-8-4-9-44(35)14-18(37)12-35)27(39)24(26(29)36)20-6-7-22(38)30-23(20)21(13-40)31(41)49-30/h6-7,17-19,46H,3-5,8-12,14-16,41H2,1-2H3/t17?,18-,19?,35+/m1/s1. The van der Waals surface area contributed by atoms with Gasteiger partial charge in [0.15, 0.2) is 11.6 Å². The van der Waals surface area contributed by atoms with Crippen molar-refractivity contribution in [1.29, 1.82) is 5.26 Å². The van der Waals surface area contributed by atoms with Crippen molar-refractivity contribution in [2.75, 3.05) is 43.5 Å². The Morgan fingerprint density at radius 2 is 2.06 bits per heavy atom. The average molecular weight is 713 g/mol. The van der Waals surface area contributed by atoms with Crippen LogP contribution in [0.2, 0.25) is 5.02 Å². The summed E-state index contributed by atoms with van der Waals surface area (Å²) >= 11 is 7.99. The lowest BCUT2D eigenvalue weighted by Gasteiger charge is -2.33. The minimum absolute atomic E-state index is 0.0263. The first-order valence-electron chi connectivity index (χ1n) is 16.7. The molecule has 49 heavy (non-hydrogen) atoms. The van der Waals surface area contributed by atoms with Crippen molar-refractivity contribution in [3.8, 4) is 29.0 Å². The number of nitrogens with two attached hydrogens (primary N) is 1. The molecule has 0 spiro atoms. The minimum atomic E-state index is -0.952. The van der Waals surface area contributed by atoms with Crippen LogP contribution in [-0.2, 0) is 0 Å². The Bertz CT molecular complexity index is 2050. The SMILES string of the molecule is CC(C)(O)C1CCCN2c3nc(OC[C@@]45CCCN4C[C@H](F)C5)nc4c(F)c(-c5ccc(F)c6sc(N)c(C#N)c56)c(Cl)c(c34)OCC2C1. The molecule has 0 aliphatic carbocycles. The van der Waals surface area contributed by atoms with E-state index >= 15 is 8.78 Å². The number of aliphatic hydroxyl groups is 1. The maximum Gasteiger partial charge on any atom is 0.319 e. The van der Waals surface area contributed by atoms with Crippen molar-refractivity contribution in [1.82, 2.24) is 14.9 Å². The number of halogens is 4. The van der Waals surface area contributed by atoms with E-state index in [-0.39, 0.29) is 84.6 Å². The van der Waals surface area contributed by atoms with Gasteiger partial charge >= 0.3 is 6.01 Å². The second-order valence-electron chi connectivity index (χ2n) is 14.4. The molecule has 9 nitrogen and oxygen atoms in total. The summed E-state index contributed by atoms with van der Waals surface area (Å²) in [7, 11) is 0. The number of rotatable bonds is 5. The Kier molecular flexibility index (Phi) is 7.83. The van der Waals surface area contributed by atoms with Gasteiger partial charge in [-0.2, -0.15) is 15.2 Å². The van der Waals surface area contributed by atoms with E-state index in [1.54, 1.807) is 13.8 Å². The first kappa shape index (κ1) is 32.6. The molecule has 3 fully saturated rings. The quantitative estimate of drug-likeness (QED) is 0.226. The summed E-state index contributed by atoms with van der Waals surface area (Å²) in [5.74, 6) is -0.874. The first-order chi connectivity index (χ1) is 23.4. The Labute approximate surface area is 290 Å². The Morgan fingerprint density at radius 1 is 1.24 bits per heavy atom. The number of alkyl halides is 1. The lowest BCUT2D eigenvalue weighted by atomic mass is 9.83. The van der Waals surface area contributed by atoms with Gasteiger partial charge in [0.05, 0.1) is 37.9 Å². The summed E-state index contributed by atoms with van der Waals surface area (Å²) in [6, 6.07) is 4.31. The van der Waals surface area contributed by atoms with Gasteiger partial charge in [0, 0.05) is 30.5 Å². The van der Waals surface area contributed by atoms with Crippen molar-refractivity contribution in [2.24, 2.45) is 5.92 Å². The van der Waals surface area contributed by atoms with Gasteiger partial charge in [0.1, 0.15) is 47.6 Å². The Morgan fingerprint density at radius 3 is 2.84 bits per heavy atom. The number of anilines is 2. The molecule has 0 saturated carbocycles. The Hall–Kier alpha value is -3.57. The fourth-order valence-electron chi connectivity index (χ4n) is 8.56. The van der Waals surface area contributed by atoms with Crippen LogP contribution in [0.4, 0.5) is 24.0 Å². The highest BCUT2D eigenvalue weighted by molar-refractivity contribution is 7.23. The molecule has 2 aromatic heterocycles. The van der Waals surface area contributed by atoms with Crippen LogP contribution < -0.4 is 20.1 Å². The molecule has 0 radical (unpaired) electrons. The maximum atomic E-state index is 17.2. The summed E-state index contributed by atoms with van der Waals surface area (Å²) < 4.78 is 59.7. The Balaban J connectivity index is 1.33. The number of hydrogen-bond donors (Lipinski definition) is 2. The second-order valence-corrected chi connectivity index (χ2v) is 15.8. The van der Waals surface area contributed by atoms with Crippen molar-refractivity contribution < 1.29 is 27.8 Å². The molecule has 3 saturated heterocycles. The van der Waals surface area contributed by atoms with Crippen LogP contribution >= 0.6 is 22.9 Å². The lowest BCUT2D eigenvalue weighted by molar-refractivity contribution is 0.00716. The number of nitriles is 1. The van der Waals surface area contributed by atoms with E-state index in [2.05, 4.69) is 14.8 Å². The van der Waals surface area contributed by atoms with Gasteiger partial charge in [0.2, 0.25) is 0 Å². The number of hydrogen-bond acceptors (Lipinski definition) is 10. The van der Waals surface area contributed by atoms with Gasteiger partial charge in [-0.3, -0.25) is 4.90 Å².